The molecule has 7 nitrogen and oxygen atoms in total. The number of aromatic carboxylic acids is 1. The zero-order valence-corrected chi connectivity index (χ0v) is 11.1. The smallest absolute Gasteiger partial charge is 0.338 e. The van der Waals surface area contributed by atoms with Crippen molar-refractivity contribution in [3.8, 4) is 0 Å². The first-order valence-corrected chi connectivity index (χ1v) is 6.34. The van der Waals surface area contributed by atoms with Crippen LogP contribution >= 0.6 is 0 Å². The van der Waals surface area contributed by atoms with Gasteiger partial charge < -0.3 is 14.6 Å². The number of methoxy groups -OCH3 is 1. The molecule has 0 radical (unpaired) electrons. The summed E-state index contributed by atoms with van der Waals surface area (Å²) in [5.41, 5.74) is 0.820. The molecule has 1 atom stereocenters. The summed E-state index contributed by atoms with van der Waals surface area (Å²) in [6.45, 7) is 1.65. The zero-order chi connectivity index (χ0) is 14.2. The Bertz CT molecular complexity index is 646. The third-order valence-corrected chi connectivity index (χ3v) is 3.71. The van der Waals surface area contributed by atoms with Crippen molar-refractivity contribution in [2.24, 2.45) is 0 Å². The summed E-state index contributed by atoms with van der Waals surface area (Å²) < 4.78 is 12.6. The lowest BCUT2D eigenvalue weighted by molar-refractivity contribution is -0.0312. The molecule has 0 bridgehead atoms. The van der Waals surface area contributed by atoms with E-state index in [-0.39, 0.29) is 5.56 Å². The molecule has 2 aromatic rings. The largest absolute Gasteiger partial charge is 0.478 e. The Morgan fingerprint density at radius 2 is 2.45 bits per heavy atom. The van der Waals surface area contributed by atoms with Gasteiger partial charge in [-0.1, -0.05) is 11.3 Å². The van der Waals surface area contributed by atoms with E-state index in [1.165, 1.54) is 6.07 Å². The van der Waals surface area contributed by atoms with Crippen molar-refractivity contribution in [1.82, 2.24) is 15.0 Å². The van der Waals surface area contributed by atoms with Crippen LogP contribution in [0, 0.1) is 0 Å². The molecule has 1 saturated heterocycles. The van der Waals surface area contributed by atoms with Crippen molar-refractivity contribution in [3.05, 3.63) is 23.8 Å². The number of carbonyl (C=O) groups is 1. The van der Waals surface area contributed by atoms with Gasteiger partial charge in [0.25, 0.3) is 0 Å². The summed E-state index contributed by atoms with van der Waals surface area (Å²) in [7, 11) is 1.65. The summed E-state index contributed by atoms with van der Waals surface area (Å²) in [5, 5.41) is 17.2. The van der Waals surface area contributed by atoms with Gasteiger partial charge >= 0.3 is 5.97 Å². The van der Waals surface area contributed by atoms with Crippen LogP contribution in [-0.2, 0) is 16.0 Å². The Morgan fingerprint density at radius 3 is 3.10 bits per heavy atom. The van der Waals surface area contributed by atoms with Crippen LogP contribution in [0.25, 0.3) is 11.0 Å². The molecule has 0 amide bonds. The predicted octanol–water partition coefficient (Wildman–Crippen LogP) is 0.935. The lowest BCUT2D eigenvalue weighted by Crippen LogP contribution is -2.37. The van der Waals surface area contributed by atoms with Gasteiger partial charge in [0.05, 0.1) is 24.2 Å². The molecule has 20 heavy (non-hydrogen) atoms. The average molecular weight is 277 g/mol. The van der Waals surface area contributed by atoms with E-state index in [4.69, 9.17) is 14.6 Å². The number of carboxylic acids is 1. The second-order valence-electron chi connectivity index (χ2n) is 4.92. The van der Waals surface area contributed by atoms with Gasteiger partial charge in [-0.3, -0.25) is 0 Å². The maximum absolute atomic E-state index is 11.2. The van der Waals surface area contributed by atoms with E-state index in [0.717, 1.165) is 6.42 Å². The Morgan fingerprint density at radius 1 is 1.60 bits per heavy atom. The topological polar surface area (TPSA) is 86.5 Å². The summed E-state index contributed by atoms with van der Waals surface area (Å²) in [4.78, 5) is 11.2. The van der Waals surface area contributed by atoms with Crippen LogP contribution < -0.4 is 0 Å². The molecule has 0 spiro atoms. The molecule has 1 N–H and O–H groups in total. The fraction of sp³-hybridized carbons (Fsp3) is 0.462. The third kappa shape index (κ3) is 2.04. The number of benzene rings is 1. The fourth-order valence-electron chi connectivity index (χ4n) is 2.49. The molecule has 1 aliphatic heterocycles. The zero-order valence-electron chi connectivity index (χ0n) is 11.1. The number of rotatable bonds is 4. The SMILES string of the molecule is COC1(Cn2nnc3c(C(=O)O)cccc32)CCOC1. The molecular formula is C13H15N3O4. The molecule has 3 rings (SSSR count). The molecule has 0 saturated carbocycles. The minimum absolute atomic E-state index is 0.155. The number of ether oxygens (including phenoxy) is 2. The van der Waals surface area contributed by atoms with Gasteiger partial charge in [0.15, 0.2) is 0 Å². The van der Waals surface area contributed by atoms with Crippen molar-refractivity contribution < 1.29 is 19.4 Å². The van der Waals surface area contributed by atoms with E-state index in [1.54, 1.807) is 23.9 Å². The van der Waals surface area contributed by atoms with E-state index in [0.29, 0.717) is 30.8 Å². The Labute approximate surface area is 115 Å². The Hall–Kier alpha value is -1.99. The molecule has 1 fully saturated rings. The van der Waals surface area contributed by atoms with E-state index in [2.05, 4.69) is 10.3 Å². The number of hydrogen-bond acceptors (Lipinski definition) is 5. The average Bonchev–Trinajstić information content (AvgIpc) is 3.07. The van der Waals surface area contributed by atoms with Crippen LogP contribution in [0.4, 0.5) is 0 Å². The van der Waals surface area contributed by atoms with E-state index < -0.39 is 11.6 Å². The van der Waals surface area contributed by atoms with Gasteiger partial charge in [0.1, 0.15) is 11.1 Å². The highest BCUT2D eigenvalue weighted by Gasteiger charge is 2.36. The van der Waals surface area contributed by atoms with E-state index >= 15 is 0 Å². The summed E-state index contributed by atoms with van der Waals surface area (Å²) in [6.07, 6.45) is 0.781. The highest BCUT2D eigenvalue weighted by Crippen LogP contribution is 2.26. The summed E-state index contributed by atoms with van der Waals surface area (Å²) in [5.74, 6) is -1.01. The summed E-state index contributed by atoms with van der Waals surface area (Å²) in [6, 6.07) is 5.02. The van der Waals surface area contributed by atoms with Crippen LogP contribution in [0.15, 0.2) is 18.2 Å². The monoisotopic (exact) mass is 277 g/mol. The van der Waals surface area contributed by atoms with Crippen LogP contribution in [0.5, 0.6) is 0 Å². The number of nitrogens with zero attached hydrogens (tertiary/aromatic N) is 3. The number of aromatic nitrogens is 3. The lowest BCUT2D eigenvalue weighted by atomic mass is 10.0. The molecule has 1 aromatic carbocycles. The Kier molecular flexibility index (Phi) is 3.15. The number of carboxylic acid groups (broad SMARTS) is 1. The molecule has 2 heterocycles. The molecule has 1 unspecified atom stereocenters. The number of hydrogen-bond donors (Lipinski definition) is 1. The van der Waals surface area contributed by atoms with Crippen LogP contribution in [-0.4, -0.2) is 52.0 Å². The molecule has 1 aliphatic rings. The first kappa shape index (κ1) is 13.0. The normalized spacial score (nSPS) is 22.4. The third-order valence-electron chi connectivity index (χ3n) is 3.71. The van der Waals surface area contributed by atoms with Gasteiger partial charge in [-0.25, -0.2) is 9.48 Å². The summed E-state index contributed by atoms with van der Waals surface area (Å²) >= 11 is 0. The van der Waals surface area contributed by atoms with Gasteiger partial charge in [-0.2, -0.15) is 0 Å². The fourth-order valence-corrected chi connectivity index (χ4v) is 2.49. The quantitative estimate of drug-likeness (QED) is 0.894. The molecule has 106 valence electrons. The van der Waals surface area contributed by atoms with Crippen molar-refractivity contribution in [2.45, 2.75) is 18.6 Å². The molecule has 7 heteroatoms. The standard InChI is InChI=1S/C13H15N3O4/c1-19-13(5-6-20-8-13)7-16-10-4-2-3-9(12(17)18)11(10)14-15-16/h2-4H,5-8H2,1H3,(H,17,18). The molecule has 1 aromatic heterocycles. The molecule has 0 aliphatic carbocycles. The van der Waals surface area contributed by atoms with Crippen molar-refractivity contribution in [1.29, 1.82) is 0 Å². The highest BCUT2D eigenvalue weighted by molar-refractivity contribution is 6.00. The maximum atomic E-state index is 11.2. The lowest BCUT2D eigenvalue weighted by Gasteiger charge is -2.25. The van der Waals surface area contributed by atoms with Gasteiger partial charge in [-0.05, 0) is 12.1 Å². The predicted molar refractivity (Wildman–Crippen MR) is 69.7 cm³/mol. The molecular weight excluding hydrogens is 262 g/mol. The number of fused-ring (bicyclic) bond motifs is 1. The van der Waals surface area contributed by atoms with E-state index in [1.807, 2.05) is 0 Å². The van der Waals surface area contributed by atoms with Gasteiger partial charge in [0.2, 0.25) is 0 Å². The van der Waals surface area contributed by atoms with Gasteiger partial charge in [0, 0.05) is 20.1 Å². The second-order valence-corrected chi connectivity index (χ2v) is 4.92. The van der Waals surface area contributed by atoms with Crippen molar-refractivity contribution >= 4 is 17.0 Å². The first-order chi connectivity index (χ1) is 9.65. The highest BCUT2D eigenvalue weighted by atomic mass is 16.5. The van der Waals surface area contributed by atoms with Gasteiger partial charge in [-0.15, -0.1) is 5.10 Å². The minimum Gasteiger partial charge on any atom is -0.478 e. The van der Waals surface area contributed by atoms with Crippen LogP contribution in [0.1, 0.15) is 16.8 Å². The van der Waals surface area contributed by atoms with Crippen molar-refractivity contribution in [3.63, 3.8) is 0 Å². The van der Waals surface area contributed by atoms with Crippen molar-refractivity contribution in [2.75, 3.05) is 20.3 Å². The maximum Gasteiger partial charge on any atom is 0.338 e. The Balaban J connectivity index is 2.01. The minimum atomic E-state index is -1.01. The van der Waals surface area contributed by atoms with Crippen LogP contribution in [0.3, 0.4) is 0 Å². The first-order valence-electron chi connectivity index (χ1n) is 6.34. The van der Waals surface area contributed by atoms with Crippen LogP contribution in [0.2, 0.25) is 0 Å². The second kappa shape index (κ2) is 4.84. The van der Waals surface area contributed by atoms with E-state index in [9.17, 15) is 4.79 Å².